The van der Waals surface area contributed by atoms with E-state index in [-0.39, 0.29) is 33.6 Å². The molecule has 0 spiro atoms. The average Bonchev–Trinajstić information content (AvgIpc) is 3.20. The minimum atomic E-state index is -0.784. The predicted octanol–water partition coefficient (Wildman–Crippen LogP) is 6.99. The number of esters is 1. The van der Waals surface area contributed by atoms with Gasteiger partial charge in [-0.25, -0.2) is 9.79 Å². The van der Waals surface area contributed by atoms with Gasteiger partial charge in [-0.15, -0.1) is 0 Å². The molecule has 1 aliphatic rings. The summed E-state index contributed by atoms with van der Waals surface area (Å²) in [6.45, 7) is 6.46. The third-order valence-electron chi connectivity index (χ3n) is 5.56. The Morgan fingerprint density at radius 3 is 2.45 bits per heavy atom. The van der Waals surface area contributed by atoms with Crippen LogP contribution in [0, 0.1) is 0 Å². The molecule has 0 saturated carbocycles. The van der Waals surface area contributed by atoms with Gasteiger partial charge in [-0.1, -0.05) is 47.6 Å². The van der Waals surface area contributed by atoms with Crippen molar-refractivity contribution in [2.75, 3.05) is 19.8 Å². The van der Waals surface area contributed by atoms with E-state index in [2.05, 4.69) is 4.99 Å². The van der Waals surface area contributed by atoms with Crippen LogP contribution in [0.2, 0.25) is 5.02 Å². The van der Waals surface area contributed by atoms with Crippen LogP contribution >= 0.6 is 23.4 Å². The molecular weight excluding hydrogens is 526 g/mol. The van der Waals surface area contributed by atoms with Crippen molar-refractivity contribution in [3.05, 3.63) is 87.0 Å². The molecule has 7 nitrogen and oxygen atoms in total. The molecule has 0 fully saturated rings. The van der Waals surface area contributed by atoms with Crippen molar-refractivity contribution < 1.29 is 28.9 Å². The number of amides is 1. The van der Waals surface area contributed by atoms with E-state index in [0.29, 0.717) is 35.2 Å². The number of hydrogen-bond acceptors (Lipinski definition) is 7. The Balaban J connectivity index is 1.87. The van der Waals surface area contributed by atoms with Crippen LogP contribution < -0.4 is 9.47 Å². The van der Waals surface area contributed by atoms with Gasteiger partial charge in [0.25, 0.3) is 5.91 Å². The molecule has 1 heterocycles. The topological polar surface area (TPSA) is 94.4 Å². The summed E-state index contributed by atoms with van der Waals surface area (Å²) in [7, 11) is 0. The van der Waals surface area contributed by atoms with Gasteiger partial charge in [0.15, 0.2) is 0 Å². The van der Waals surface area contributed by atoms with Crippen molar-refractivity contribution in [2.24, 2.45) is 4.99 Å². The minimum absolute atomic E-state index is 0.0188. The molecule has 0 aromatic heterocycles. The lowest BCUT2D eigenvalue weighted by Crippen LogP contribution is -2.14. The van der Waals surface area contributed by atoms with Gasteiger partial charge in [0.2, 0.25) is 0 Å². The van der Waals surface area contributed by atoms with E-state index in [1.807, 2.05) is 44.2 Å². The second-order valence-corrected chi connectivity index (χ2v) is 9.42. The van der Waals surface area contributed by atoms with E-state index in [0.717, 1.165) is 22.5 Å². The van der Waals surface area contributed by atoms with E-state index in [1.165, 1.54) is 0 Å². The van der Waals surface area contributed by atoms with Gasteiger partial charge >= 0.3 is 5.97 Å². The number of thioether (sulfide) groups is 1. The molecule has 4 rings (SSSR count). The van der Waals surface area contributed by atoms with Gasteiger partial charge < -0.3 is 19.3 Å². The molecule has 38 heavy (non-hydrogen) atoms. The molecular formula is C29H26ClNO6S. The van der Waals surface area contributed by atoms with Crippen LogP contribution in [0.3, 0.4) is 0 Å². The molecule has 0 aliphatic carbocycles. The van der Waals surface area contributed by atoms with E-state index in [1.54, 1.807) is 37.3 Å². The number of aliphatic hydroxyl groups excluding tert-OH is 1. The SMILES string of the molecule is CCOC(=O)C1=C(O)/C(=C/c2c(OCC)ccc3ccc(OCC)cc23)SC1=NC(=O)c1ccccc1Cl. The zero-order valence-corrected chi connectivity index (χ0v) is 22.7. The number of fused-ring (bicyclic) bond motifs is 1. The highest BCUT2D eigenvalue weighted by Crippen LogP contribution is 2.42. The molecule has 1 amide bonds. The number of nitrogens with zero attached hydrogens (tertiary/aromatic N) is 1. The highest BCUT2D eigenvalue weighted by atomic mass is 35.5. The minimum Gasteiger partial charge on any atom is -0.506 e. The first-order valence-corrected chi connectivity index (χ1v) is 13.3. The van der Waals surface area contributed by atoms with Gasteiger partial charge in [-0.3, -0.25) is 4.79 Å². The summed E-state index contributed by atoms with van der Waals surface area (Å²) in [5.74, 6) is -0.486. The van der Waals surface area contributed by atoms with Crippen LogP contribution in [0.25, 0.3) is 16.8 Å². The number of halogens is 1. The number of rotatable bonds is 8. The van der Waals surface area contributed by atoms with Gasteiger partial charge in [-0.2, -0.15) is 0 Å². The highest BCUT2D eigenvalue weighted by molar-refractivity contribution is 8.18. The quantitative estimate of drug-likeness (QED) is 0.301. The first kappa shape index (κ1) is 27.3. The van der Waals surface area contributed by atoms with Gasteiger partial charge in [0, 0.05) is 5.56 Å². The molecule has 0 radical (unpaired) electrons. The smallest absolute Gasteiger partial charge is 0.344 e. The van der Waals surface area contributed by atoms with Crippen LogP contribution in [0.4, 0.5) is 0 Å². The van der Waals surface area contributed by atoms with Gasteiger partial charge in [0.1, 0.15) is 27.9 Å². The fourth-order valence-electron chi connectivity index (χ4n) is 3.90. The average molecular weight is 552 g/mol. The van der Waals surface area contributed by atoms with E-state index < -0.39 is 11.9 Å². The lowest BCUT2D eigenvalue weighted by atomic mass is 10.0. The Hall–Kier alpha value is -3.75. The van der Waals surface area contributed by atoms with Crippen molar-refractivity contribution in [3.63, 3.8) is 0 Å². The van der Waals surface area contributed by atoms with E-state index in [4.69, 9.17) is 25.8 Å². The summed E-state index contributed by atoms with van der Waals surface area (Å²) in [6, 6.07) is 16.0. The Bertz CT molecular complexity index is 1490. The molecule has 9 heteroatoms. The van der Waals surface area contributed by atoms with Crippen LogP contribution in [0.5, 0.6) is 11.5 Å². The summed E-state index contributed by atoms with van der Waals surface area (Å²) in [5.41, 5.74) is 0.678. The van der Waals surface area contributed by atoms with Crippen LogP contribution in [-0.2, 0) is 9.53 Å². The molecule has 0 atom stereocenters. The predicted molar refractivity (Wildman–Crippen MR) is 151 cm³/mol. The first-order valence-electron chi connectivity index (χ1n) is 12.1. The molecule has 3 aromatic carbocycles. The lowest BCUT2D eigenvalue weighted by molar-refractivity contribution is -0.138. The first-order chi connectivity index (χ1) is 18.4. The van der Waals surface area contributed by atoms with Crippen LogP contribution in [-0.4, -0.2) is 41.8 Å². The number of aliphatic imine (C=N–C) groups is 1. The summed E-state index contributed by atoms with van der Waals surface area (Å²) in [5, 5.41) is 13.2. The fraction of sp³-hybridized carbons (Fsp3) is 0.207. The monoisotopic (exact) mass is 551 g/mol. The lowest BCUT2D eigenvalue weighted by Gasteiger charge is -2.13. The maximum absolute atomic E-state index is 12.9. The number of ether oxygens (including phenoxy) is 3. The Labute approximate surface area is 229 Å². The second kappa shape index (κ2) is 12.2. The van der Waals surface area contributed by atoms with Crippen molar-refractivity contribution in [1.29, 1.82) is 0 Å². The standard InChI is InChI=1S/C29H26ClNO6S/c1-4-35-18-13-11-17-12-14-23(36-5-2)21(20(17)15-18)16-24-26(32)25(29(34)37-6-3)28(38-24)31-27(33)19-9-7-8-10-22(19)30/h7-16,32H,4-6H2,1-3H3/b24-16-,31-28?. The zero-order chi connectivity index (χ0) is 27.2. The number of benzene rings is 3. The number of carbonyl (C=O) groups is 2. The number of carbonyl (C=O) groups excluding carboxylic acids is 2. The third-order valence-corrected chi connectivity index (χ3v) is 6.91. The fourth-order valence-corrected chi connectivity index (χ4v) is 5.11. The highest BCUT2D eigenvalue weighted by Gasteiger charge is 2.34. The third kappa shape index (κ3) is 5.71. The van der Waals surface area contributed by atoms with Crippen molar-refractivity contribution in [1.82, 2.24) is 0 Å². The van der Waals surface area contributed by atoms with Gasteiger partial charge in [-0.05, 0) is 68.0 Å². The van der Waals surface area contributed by atoms with Gasteiger partial charge in [0.05, 0.1) is 35.3 Å². The number of aliphatic hydroxyl groups is 1. The van der Waals surface area contributed by atoms with Crippen molar-refractivity contribution in [2.45, 2.75) is 20.8 Å². The Morgan fingerprint density at radius 1 is 1.00 bits per heavy atom. The molecule has 3 aromatic rings. The largest absolute Gasteiger partial charge is 0.506 e. The molecule has 0 bridgehead atoms. The van der Waals surface area contributed by atoms with E-state index in [9.17, 15) is 14.7 Å². The molecule has 0 saturated heterocycles. The normalized spacial score (nSPS) is 15.4. The number of hydrogen-bond donors (Lipinski definition) is 1. The van der Waals surface area contributed by atoms with Crippen molar-refractivity contribution >= 4 is 57.1 Å². The maximum Gasteiger partial charge on any atom is 0.344 e. The summed E-state index contributed by atoms with van der Waals surface area (Å²) < 4.78 is 16.7. The van der Waals surface area contributed by atoms with Crippen LogP contribution in [0.15, 0.2) is 75.8 Å². The maximum atomic E-state index is 12.9. The molecule has 0 unspecified atom stereocenters. The summed E-state index contributed by atoms with van der Waals surface area (Å²) in [4.78, 5) is 30.2. The molecule has 1 N–H and O–H groups in total. The zero-order valence-electron chi connectivity index (χ0n) is 21.1. The Morgan fingerprint density at radius 2 is 1.74 bits per heavy atom. The summed E-state index contributed by atoms with van der Waals surface area (Å²) in [6.07, 6.45) is 1.71. The van der Waals surface area contributed by atoms with E-state index >= 15 is 0 Å². The summed E-state index contributed by atoms with van der Waals surface area (Å²) >= 11 is 7.16. The molecule has 1 aliphatic heterocycles. The van der Waals surface area contributed by atoms with Crippen LogP contribution in [0.1, 0.15) is 36.7 Å². The second-order valence-electron chi connectivity index (χ2n) is 7.98. The van der Waals surface area contributed by atoms with Crippen molar-refractivity contribution in [3.8, 4) is 11.5 Å². The molecule has 196 valence electrons. The Kier molecular flexibility index (Phi) is 8.76.